The van der Waals surface area contributed by atoms with Gasteiger partial charge in [-0.25, -0.2) is 0 Å². The topological polar surface area (TPSA) is 24.9 Å². The minimum absolute atomic E-state index is 0.707. The van der Waals surface area contributed by atoms with E-state index in [0.717, 1.165) is 16.7 Å². The molecule has 1 rings (SSSR count). The third-order valence-electron chi connectivity index (χ3n) is 2.06. The van der Waals surface area contributed by atoms with Crippen LogP contribution in [-0.4, -0.2) is 11.5 Å². The molecule has 1 aromatic heterocycles. The van der Waals surface area contributed by atoms with E-state index in [9.17, 15) is 0 Å². The Balaban J connectivity index is 2.45. The third-order valence-corrected chi connectivity index (χ3v) is 2.49. The number of hydrogen-bond donors (Lipinski definition) is 1. The summed E-state index contributed by atoms with van der Waals surface area (Å²) in [6.45, 7) is 5.44. The molecule has 0 aromatic carbocycles. The fourth-order valence-electron chi connectivity index (χ4n) is 0.945. The zero-order valence-corrected chi connectivity index (χ0v) is 9.63. The molecule has 1 heterocycles. The van der Waals surface area contributed by atoms with Crippen molar-refractivity contribution in [2.45, 2.75) is 20.3 Å². The van der Waals surface area contributed by atoms with Crippen molar-refractivity contribution in [3.63, 3.8) is 0 Å². The van der Waals surface area contributed by atoms with E-state index in [2.05, 4.69) is 40.1 Å². The van der Waals surface area contributed by atoms with Crippen LogP contribution >= 0.6 is 15.9 Å². The molecule has 2 nitrogen and oxygen atoms in total. The number of rotatable bonds is 4. The van der Waals surface area contributed by atoms with E-state index in [1.165, 1.54) is 6.42 Å². The zero-order valence-electron chi connectivity index (χ0n) is 8.05. The molecule has 0 radical (unpaired) electrons. The Morgan fingerprint density at radius 2 is 2.31 bits per heavy atom. The number of hydrogen-bond acceptors (Lipinski definition) is 2. The summed E-state index contributed by atoms with van der Waals surface area (Å²) in [5.41, 5.74) is 1.08. The van der Waals surface area contributed by atoms with Gasteiger partial charge < -0.3 is 5.32 Å². The Hall–Kier alpha value is -0.570. The molecule has 1 atom stereocenters. The third kappa shape index (κ3) is 3.77. The molecule has 0 saturated heterocycles. The molecule has 0 aliphatic rings. The molecular formula is C10H15BrN2. The van der Waals surface area contributed by atoms with Crippen LogP contribution < -0.4 is 5.32 Å². The van der Waals surface area contributed by atoms with Gasteiger partial charge in [0.15, 0.2) is 0 Å². The van der Waals surface area contributed by atoms with Gasteiger partial charge in [-0.3, -0.25) is 4.98 Å². The van der Waals surface area contributed by atoms with Crippen LogP contribution in [0.2, 0.25) is 0 Å². The molecule has 0 spiro atoms. The highest BCUT2D eigenvalue weighted by atomic mass is 79.9. The smallest absolute Gasteiger partial charge is 0.0538 e. The minimum atomic E-state index is 0.707. The molecule has 1 aromatic rings. The Bertz CT molecular complexity index is 263. The van der Waals surface area contributed by atoms with Gasteiger partial charge in [-0.2, -0.15) is 0 Å². The summed E-state index contributed by atoms with van der Waals surface area (Å²) in [5.74, 6) is 0.707. The number of nitrogens with one attached hydrogen (secondary N) is 1. The lowest BCUT2D eigenvalue weighted by molar-refractivity contribution is 0.593. The lowest BCUT2D eigenvalue weighted by Gasteiger charge is -2.10. The molecule has 13 heavy (non-hydrogen) atoms. The number of aromatic nitrogens is 1. The summed E-state index contributed by atoms with van der Waals surface area (Å²) < 4.78 is 1.02. The second kappa shape index (κ2) is 5.22. The molecule has 0 bridgehead atoms. The Labute approximate surface area is 87.9 Å². The normalized spacial score (nSPS) is 12.5. The summed E-state index contributed by atoms with van der Waals surface area (Å²) in [5, 5.41) is 3.34. The summed E-state index contributed by atoms with van der Waals surface area (Å²) in [7, 11) is 0. The van der Waals surface area contributed by atoms with Crippen LogP contribution in [0.25, 0.3) is 0 Å². The summed E-state index contributed by atoms with van der Waals surface area (Å²) in [6, 6.07) is 2.04. The van der Waals surface area contributed by atoms with E-state index in [0.29, 0.717) is 5.92 Å². The maximum atomic E-state index is 4.08. The van der Waals surface area contributed by atoms with E-state index < -0.39 is 0 Å². The van der Waals surface area contributed by atoms with Gasteiger partial charge in [0, 0.05) is 17.2 Å². The average Bonchev–Trinajstić information content (AvgIpc) is 2.14. The highest BCUT2D eigenvalue weighted by Crippen LogP contribution is 2.14. The highest BCUT2D eigenvalue weighted by Gasteiger charge is 1.98. The van der Waals surface area contributed by atoms with Gasteiger partial charge in [0.2, 0.25) is 0 Å². The number of anilines is 1. The fraction of sp³-hybridized carbons (Fsp3) is 0.500. The molecule has 0 aliphatic carbocycles. The summed E-state index contributed by atoms with van der Waals surface area (Å²) >= 11 is 3.38. The number of nitrogens with zero attached hydrogens (tertiary/aromatic N) is 1. The van der Waals surface area contributed by atoms with Crippen LogP contribution in [-0.2, 0) is 0 Å². The first-order valence-electron chi connectivity index (χ1n) is 4.56. The Kier molecular flexibility index (Phi) is 4.22. The van der Waals surface area contributed by atoms with Gasteiger partial charge in [-0.1, -0.05) is 20.3 Å². The SMILES string of the molecule is CCC(C)CNc1cncc(Br)c1. The van der Waals surface area contributed by atoms with Crippen LogP contribution in [0.4, 0.5) is 5.69 Å². The van der Waals surface area contributed by atoms with E-state index in [1.54, 1.807) is 6.20 Å². The highest BCUT2D eigenvalue weighted by molar-refractivity contribution is 9.10. The molecule has 0 amide bonds. The molecule has 1 unspecified atom stereocenters. The first-order chi connectivity index (χ1) is 6.22. The molecule has 1 N–H and O–H groups in total. The van der Waals surface area contributed by atoms with Crippen molar-refractivity contribution in [3.05, 3.63) is 22.9 Å². The minimum Gasteiger partial charge on any atom is -0.384 e. The average molecular weight is 243 g/mol. The van der Waals surface area contributed by atoms with Gasteiger partial charge >= 0.3 is 0 Å². The monoisotopic (exact) mass is 242 g/mol. The lowest BCUT2D eigenvalue weighted by Crippen LogP contribution is -2.10. The van der Waals surface area contributed by atoms with Gasteiger partial charge in [0.25, 0.3) is 0 Å². The first kappa shape index (κ1) is 10.5. The van der Waals surface area contributed by atoms with Crippen molar-refractivity contribution >= 4 is 21.6 Å². The Morgan fingerprint density at radius 1 is 1.54 bits per heavy atom. The van der Waals surface area contributed by atoms with Crippen molar-refractivity contribution in [2.75, 3.05) is 11.9 Å². The predicted octanol–water partition coefficient (Wildman–Crippen LogP) is 3.30. The molecule has 0 fully saturated rings. The second-order valence-corrected chi connectivity index (χ2v) is 4.20. The van der Waals surface area contributed by atoms with Crippen molar-refractivity contribution in [2.24, 2.45) is 5.92 Å². The largest absolute Gasteiger partial charge is 0.384 e. The van der Waals surface area contributed by atoms with Crippen molar-refractivity contribution in [3.8, 4) is 0 Å². The van der Waals surface area contributed by atoms with Crippen LogP contribution in [0.1, 0.15) is 20.3 Å². The summed E-state index contributed by atoms with van der Waals surface area (Å²) in [6.07, 6.45) is 4.83. The molecule has 0 saturated carbocycles. The van der Waals surface area contributed by atoms with Gasteiger partial charge in [-0.05, 0) is 27.9 Å². The fourth-order valence-corrected chi connectivity index (χ4v) is 1.31. The second-order valence-electron chi connectivity index (χ2n) is 3.29. The lowest BCUT2D eigenvalue weighted by atomic mass is 10.1. The van der Waals surface area contributed by atoms with E-state index >= 15 is 0 Å². The van der Waals surface area contributed by atoms with Crippen LogP contribution in [0.15, 0.2) is 22.9 Å². The quantitative estimate of drug-likeness (QED) is 0.877. The molecule has 72 valence electrons. The maximum absolute atomic E-state index is 4.08. The summed E-state index contributed by atoms with van der Waals surface area (Å²) in [4.78, 5) is 4.08. The van der Waals surface area contributed by atoms with Crippen LogP contribution in [0.5, 0.6) is 0 Å². The van der Waals surface area contributed by atoms with E-state index in [4.69, 9.17) is 0 Å². The van der Waals surface area contributed by atoms with Gasteiger partial charge in [0.05, 0.1) is 11.9 Å². The van der Waals surface area contributed by atoms with Crippen molar-refractivity contribution in [1.82, 2.24) is 4.98 Å². The van der Waals surface area contributed by atoms with Crippen LogP contribution in [0, 0.1) is 5.92 Å². The van der Waals surface area contributed by atoms with Crippen molar-refractivity contribution < 1.29 is 0 Å². The zero-order chi connectivity index (χ0) is 9.68. The Morgan fingerprint density at radius 3 is 2.92 bits per heavy atom. The van der Waals surface area contributed by atoms with E-state index in [1.807, 2.05) is 12.3 Å². The van der Waals surface area contributed by atoms with E-state index in [-0.39, 0.29) is 0 Å². The molecule has 0 aliphatic heterocycles. The molecular weight excluding hydrogens is 228 g/mol. The maximum Gasteiger partial charge on any atom is 0.0538 e. The van der Waals surface area contributed by atoms with Crippen molar-refractivity contribution in [1.29, 1.82) is 0 Å². The predicted molar refractivity (Wildman–Crippen MR) is 59.9 cm³/mol. The van der Waals surface area contributed by atoms with Gasteiger partial charge in [0.1, 0.15) is 0 Å². The van der Waals surface area contributed by atoms with Crippen LogP contribution in [0.3, 0.4) is 0 Å². The standard InChI is InChI=1S/C10H15BrN2/c1-3-8(2)5-13-10-4-9(11)6-12-7-10/h4,6-8,13H,3,5H2,1-2H3. The van der Waals surface area contributed by atoms with Gasteiger partial charge in [-0.15, -0.1) is 0 Å². The number of halogens is 1. The number of pyridine rings is 1. The molecule has 3 heteroatoms. The first-order valence-corrected chi connectivity index (χ1v) is 5.36.